The zero-order valence-electron chi connectivity index (χ0n) is 12.8. The van der Waals surface area contributed by atoms with Crippen LogP contribution in [0.25, 0.3) is 0 Å². The Bertz CT molecular complexity index is 368. The van der Waals surface area contributed by atoms with E-state index in [0.29, 0.717) is 6.67 Å². The second-order valence-corrected chi connectivity index (χ2v) is 5.70. The Morgan fingerprint density at radius 3 is 2.20 bits per heavy atom. The molecule has 0 aliphatic heterocycles. The molecule has 0 heterocycles. The summed E-state index contributed by atoms with van der Waals surface area (Å²) in [6.45, 7) is 7.34. The molecule has 8 nitrogen and oxygen atoms in total. The highest BCUT2D eigenvalue weighted by Gasteiger charge is 2.13. The van der Waals surface area contributed by atoms with Crippen molar-refractivity contribution in [3.63, 3.8) is 0 Å². The molecule has 122 valence electrons. The van der Waals surface area contributed by atoms with Crippen LogP contribution in [-0.2, 0) is 19.4 Å². The highest BCUT2D eigenvalue weighted by Crippen LogP contribution is 1.99. The van der Waals surface area contributed by atoms with Crippen molar-refractivity contribution in [2.45, 2.75) is 19.8 Å². The number of quaternary nitrogens is 1. The third kappa shape index (κ3) is 19.3. The van der Waals surface area contributed by atoms with Crippen LogP contribution < -0.4 is 11.5 Å². The third-order valence-electron chi connectivity index (χ3n) is 2.19. The number of hydrogen-bond acceptors (Lipinski definition) is 5. The lowest BCUT2D eigenvalue weighted by molar-refractivity contribution is -0.892. The topological polar surface area (TPSA) is 128 Å². The van der Waals surface area contributed by atoms with Gasteiger partial charge in [0.1, 0.15) is 0 Å². The van der Waals surface area contributed by atoms with Gasteiger partial charge in [0.25, 0.3) is 0 Å². The van der Waals surface area contributed by atoms with E-state index in [2.05, 4.69) is 37.1 Å². The Kier molecular flexibility index (Phi) is 14.2. The molecule has 0 saturated heterocycles. The first-order chi connectivity index (χ1) is 8.58. The molecule has 0 spiro atoms. The maximum absolute atomic E-state index is 10.9. The van der Waals surface area contributed by atoms with Crippen LogP contribution >= 0.6 is 0 Å². The van der Waals surface area contributed by atoms with Crippen molar-refractivity contribution < 1.29 is 26.4 Å². The minimum Gasteiger partial charge on any atom is -0.344 e. The first-order valence-electron chi connectivity index (χ1n) is 5.83. The van der Waals surface area contributed by atoms with Crippen molar-refractivity contribution in [2.75, 3.05) is 34.4 Å². The van der Waals surface area contributed by atoms with Gasteiger partial charge in [-0.15, -0.1) is 0 Å². The largest absolute Gasteiger partial charge is 0.397 e. The van der Waals surface area contributed by atoms with Gasteiger partial charge in [-0.05, 0) is 12.5 Å². The van der Waals surface area contributed by atoms with Crippen LogP contribution in [0, 0.1) is 0 Å². The summed E-state index contributed by atoms with van der Waals surface area (Å²) in [4.78, 5) is 10.9. The summed E-state index contributed by atoms with van der Waals surface area (Å²) >= 11 is 0. The number of amides is 1. The van der Waals surface area contributed by atoms with Crippen molar-refractivity contribution in [3.05, 3.63) is 12.7 Å². The van der Waals surface area contributed by atoms with Gasteiger partial charge in [0, 0.05) is 0 Å². The number of carbonyl (C=O) groups is 1. The first kappa shape index (κ1) is 24.0. The van der Waals surface area contributed by atoms with Gasteiger partial charge in [0.2, 0.25) is 5.91 Å². The zero-order valence-corrected chi connectivity index (χ0v) is 13.6. The normalized spacial score (nSPS) is 10.7. The minimum absolute atomic E-state index is 0. The van der Waals surface area contributed by atoms with Crippen LogP contribution in [0.15, 0.2) is 12.7 Å². The highest BCUT2D eigenvalue weighted by molar-refractivity contribution is 7.80. The summed E-state index contributed by atoms with van der Waals surface area (Å²) in [7, 11) is 0.929. The Labute approximate surface area is 121 Å². The van der Waals surface area contributed by atoms with E-state index in [0.717, 1.165) is 18.1 Å². The van der Waals surface area contributed by atoms with Crippen LogP contribution in [0.5, 0.6) is 0 Å². The molecule has 0 bridgehead atoms. The number of carbonyl (C=O) groups excluding carboxylic acids is 1. The molecule has 0 aliphatic rings. The molecular weight excluding hydrogens is 286 g/mol. The quantitative estimate of drug-likeness (QED) is 0.275. The van der Waals surface area contributed by atoms with Crippen LogP contribution in [0.2, 0.25) is 0 Å². The summed E-state index contributed by atoms with van der Waals surface area (Å²) in [6, 6.07) is 0. The van der Waals surface area contributed by atoms with Crippen molar-refractivity contribution >= 4 is 16.3 Å². The molecule has 0 aromatic heterocycles. The van der Waals surface area contributed by atoms with Gasteiger partial charge in [0.05, 0.1) is 27.7 Å². The molecule has 0 atom stereocenters. The monoisotopic (exact) mass is 314 g/mol. The van der Waals surface area contributed by atoms with E-state index in [-0.39, 0.29) is 12.1 Å². The standard InChI is InChI=1S/C10H20N2O.CH4O4S.H3N/c1-5-7-8-12(3,4)9-11-10(13)6-2;1-5-6(2,3)4;/h6H,2,5,7-9H2,1,3-4H3;1H3,(H,2,3,4);1H3/p+1. The molecule has 20 heavy (non-hydrogen) atoms. The van der Waals surface area contributed by atoms with Gasteiger partial charge >= 0.3 is 10.4 Å². The van der Waals surface area contributed by atoms with E-state index in [1.54, 1.807) is 0 Å². The van der Waals surface area contributed by atoms with E-state index in [1.807, 2.05) is 0 Å². The molecule has 0 aromatic rings. The first-order valence-corrected chi connectivity index (χ1v) is 7.19. The molecule has 0 aliphatic carbocycles. The Morgan fingerprint density at radius 1 is 1.45 bits per heavy atom. The van der Waals surface area contributed by atoms with Crippen LogP contribution in [0.3, 0.4) is 0 Å². The summed E-state index contributed by atoms with van der Waals surface area (Å²) in [5.41, 5.74) is 0. The minimum atomic E-state index is -4.16. The van der Waals surface area contributed by atoms with Gasteiger partial charge in [-0.25, -0.2) is 0 Å². The molecule has 0 fully saturated rings. The van der Waals surface area contributed by atoms with Crippen LogP contribution in [-0.4, -0.2) is 57.8 Å². The van der Waals surface area contributed by atoms with Crippen molar-refractivity contribution in [1.29, 1.82) is 0 Å². The lowest BCUT2D eigenvalue weighted by Gasteiger charge is -2.29. The van der Waals surface area contributed by atoms with Gasteiger partial charge < -0.3 is 16.0 Å². The molecule has 9 heteroatoms. The Balaban J connectivity index is -0.000000352. The van der Waals surface area contributed by atoms with E-state index in [1.165, 1.54) is 18.9 Å². The average molecular weight is 314 g/mol. The molecule has 0 radical (unpaired) electrons. The Hall–Kier alpha value is -1.00. The fraction of sp³-hybridized carbons (Fsp3) is 0.727. The number of hydrogen-bond donors (Lipinski definition) is 3. The van der Waals surface area contributed by atoms with Crippen molar-refractivity contribution in [2.24, 2.45) is 0 Å². The number of rotatable bonds is 7. The fourth-order valence-electron chi connectivity index (χ4n) is 1.03. The Morgan fingerprint density at radius 2 is 1.90 bits per heavy atom. The van der Waals surface area contributed by atoms with E-state index >= 15 is 0 Å². The number of nitrogens with zero attached hydrogens (tertiary/aromatic N) is 1. The van der Waals surface area contributed by atoms with Gasteiger partial charge in [0.15, 0.2) is 6.67 Å². The summed E-state index contributed by atoms with van der Waals surface area (Å²) in [6.07, 6.45) is 3.69. The van der Waals surface area contributed by atoms with Crippen LogP contribution in [0.4, 0.5) is 0 Å². The molecule has 0 unspecified atom stereocenters. The molecular formula is C11H28N3O5S+. The van der Waals surface area contributed by atoms with E-state index in [9.17, 15) is 13.2 Å². The third-order valence-corrected chi connectivity index (χ3v) is 2.62. The molecule has 0 saturated carbocycles. The van der Waals surface area contributed by atoms with E-state index < -0.39 is 10.4 Å². The zero-order chi connectivity index (χ0) is 15.5. The second kappa shape index (κ2) is 11.8. The SMILES string of the molecule is C=CC(=O)NC[N+](C)(C)CCCC.COS(=O)(=O)O.N. The van der Waals surface area contributed by atoms with E-state index in [4.69, 9.17) is 4.55 Å². The summed E-state index contributed by atoms with van der Waals surface area (Å²) in [5.74, 6) is -0.0947. The predicted octanol–water partition coefficient (Wildman–Crippen LogP) is 0.720. The van der Waals surface area contributed by atoms with Gasteiger partial charge in [-0.3, -0.25) is 13.5 Å². The van der Waals surface area contributed by atoms with Crippen molar-refractivity contribution in [3.8, 4) is 0 Å². The van der Waals surface area contributed by atoms with Gasteiger partial charge in [-0.1, -0.05) is 19.9 Å². The van der Waals surface area contributed by atoms with Gasteiger partial charge in [-0.2, -0.15) is 8.42 Å². The molecule has 0 rings (SSSR count). The summed E-state index contributed by atoms with van der Waals surface area (Å²) < 4.78 is 30.5. The second-order valence-electron chi connectivity index (χ2n) is 4.51. The molecule has 1 amide bonds. The fourth-order valence-corrected chi connectivity index (χ4v) is 1.03. The predicted molar refractivity (Wildman–Crippen MR) is 78.7 cm³/mol. The maximum atomic E-state index is 10.9. The lowest BCUT2D eigenvalue weighted by Crippen LogP contribution is -2.48. The number of nitrogens with one attached hydrogen (secondary N) is 1. The average Bonchev–Trinajstić information content (AvgIpc) is 2.33. The smallest absolute Gasteiger partial charge is 0.344 e. The highest BCUT2D eigenvalue weighted by atomic mass is 32.3. The molecule has 0 aromatic carbocycles. The van der Waals surface area contributed by atoms with Crippen molar-refractivity contribution in [1.82, 2.24) is 11.5 Å². The molecule has 5 N–H and O–H groups in total. The number of unbranched alkanes of at least 4 members (excludes halogenated alkanes) is 1. The lowest BCUT2D eigenvalue weighted by atomic mass is 10.3. The summed E-state index contributed by atoms with van der Waals surface area (Å²) in [5, 5.41) is 2.80. The van der Waals surface area contributed by atoms with Crippen LogP contribution in [0.1, 0.15) is 19.8 Å². The maximum Gasteiger partial charge on any atom is 0.397 e.